The summed E-state index contributed by atoms with van der Waals surface area (Å²) in [6, 6.07) is 0. The van der Waals surface area contributed by atoms with Gasteiger partial charge >= 0.3 is 0 Å². The second-order valence-electron chi connectivity index (χ2n) is 1.56. The van der Waals surface area contributed by atoms with Gasteiger partial charge in [-0.25, -0.2) is 0 Å². The van der Waals surface area contributed by atoms with Gasteiger partial charge in [-0.15, -0.1) is 0 Å². The first-order valence-corrected chi connectivity index (χ1v) is 2.51. The minimum absolute atomic E-state index is 0. The molecule has 1 unspecified atom stereocenters. The summed E-state index contributed by atoms with van der Waals surface area (Å²) in [6.07, 6.45) is 0. The standard InChI is InChI=1S/C4H9OP.H2O/c1-3(2)4(5)6;/h3H,6H2,1-2H3;1H2. The Morgan fingerprint density at radius 2 is 1.71 bits per heavy atom. The third-order valence-corrected chi connectivity index (χ3v) is 1.24. The molecule has 44 valence electrons. The summed E-state index contributed by atoms with van der Waals surface area (Å²) < 4.78 is 0. The van der Waals surface area contributed by atoms with Gasteiger partial charge in [-0.3, -0.25) is 4.79 Å². The molecule has 0 bridgehead atoms. The number of hydrogen-bond acceptors (Lipinski definition) is 1. The van der Waals surface area contributed by atoms with Crippen molar-refractivity contribution in [3.63, 3.8) is 0 Å². The number of rotatable bonds is 1. The van der Waals surface area contributed by atoms with Crippen LogP contribution in [0.2, 0.25) is 0 Å². The molecule has 7 heavy (non-hydrogen) atoms. The summed E-state index contributed by atoms with van der Waals surface area (Å²) >= 11 is 0. The Balaban J connectivity index is 0. The summed E-state index contributed by atoms with van der Waals surface area (Å²) in [5.74, 6) is 0.176. The zero-order chi connectivity index (χ0) is 5.15. The molecule has 0 rings (SSSR count). The van der Waals surface area contributed by atoms with E-state index in [0.717, 1.165) is 0 Å². The van der Waals surface area contributed by atoms with E-state index in [1.807, 2.05) is 13.8 Å². The lowest BCUT2D eigenvalue weighted by molar-refractivity contribution is -0.113. The highest BCUT2D eigenvalue weighted by Gasteiger charge is 1.95. The van der Waals surface area contributed by atoms with E-state index in [4.69, 9.17) is 0 Å². The van der Waals surface area contributed by atoms with E-state index in [-0.39, 0.29) is 16.9 Å². The number of carbonyl (C=O) groups is 1. The van der Waals surface area contributed by atoms with Crippen molar-refractivity contribution in [2.75, 3.05) is 0 Å². The zero-order valence-corrected chi connectivity index (χ0v) is 5.72. The van der Waals surface area contributed by atoms with Gasteiger partial charge in [-0.05, 0) is 0 Å². The molecule has 0 spiro atoms. The quantitative estimate of drug-likeness (QED) is 0.459. The molecule has 0 aliphatic rings. The Morgan fingerprint density at radius 3 is 1.71 bits per heavy atom. The first-order chi connectivity index (χ1) is 2.64. The van der Waals surface area contributed by atoms with E-state index in [0.29, 0.717) is 0 Å². The fourth-order valence-electron chi connectivity index (χ4n) is 0. The van der Waals surface area contributed by atoms with Gasteiger partial charge in [0.25, 0.3) is 0 Å². The molecule has 0 amide bonds. The largest absolute Gasteiger partial charge is 0.412 e. The van der Waals surface area contributed by atoms with Crippen molar-refractivity contribution in [1.29, 1.82) is 0 Å². The van der Waals surface area contributed by atoms with Gasteiger partial charge in [0.1, 0.15) is 0 Å². The van der Waals surface area contributed by atoms with Gasteiger partial charge in [0.2, 0.25) is 0 Å². The average Bonchev–Trinajstić information content (AvgIpc) is 1.36. The molecular weight excluding hydrogens is 111 g/mol. The van der Waals surface area contributed by atoms with Crippen LogP contribution in [0, 0.1) is 5.92 Å². The third-order valence-electron chi connectivity index (χ3n) is 0.569. The molecule has 2 N–H and O–H groups in total. The summed E-state index contributed by atoms with van der Waals surface area (Å²) in [4.78, 5) is 10.1. The van der Waals surface area contributed by atoms with Crippen LogP contribution in [0.1, 0.15) is 13.8 Å². The molecule has 0 radical (unpaired) electrons. The second-order valence-corrected chi connectivity index (χ2v) is 2.13. The van der Waals surface area contributed by atoms with Crippen molar-refractivity contribution in [1.82, 2.24) is 0 Å². The summed E-state index contributed by atoms with van der Waals surface area (Å²) in [7, 11) is 2.13. The van der Waals surface area contributed by atoms with Crippen LogP contribution in [0.15, 0.2) is 0 Å². The Hall–Kier alpha value is 0.0600. The van der Waals surface area contributed by atoms with Crippen LogP contribution in [-0.4, -0.2) is 11.0 Å². The molecule has 2 nitrogen and oxygen atoms in total. The predicted octanol–water partition coefficient (Wildman–Crippen LogP) is 0.219. The molecule has 0 fully saturated rings. The van der Waals surface area contributed by atoms with E-state index in [1.54, 1.807) is 0 Å². The van der Waals surface area contributed by atoms with E-state index >= 15 is 0 Å². The minimum Gasteiger partial charge on any atom is -0.412 e. The van der Waals surface area contributed by atoms with Gasteiger partial charge in [-0.1, -0.05) is 23.1 Å². The van der Waals surface area contributed by atoms with E-state index in [1.165, 1.54) is 0 Å². The van der Waals surface area contributed by atoms with Crippen LogP contribution in [0.3, 0.4) is 0 Å². The zero-order valence-electron chi connectivity index (χ0n) is 4.56. The van der Waals surface area contributed by atoms with Crippen molar-refractivity contribution < 1.29 is 10.3 Å². The average molecular weight is 122 g/mol. The molecule has 1 atom stereocenters. The van der Waals surface area contributed by atoms with Crippen LogP contribution in [0.25, 0.3) is 0 Å². The van der Waals surface area contributed by atoms with Gasteiger partial charge in [0, 0.05) is 5.92 Å². The molecular formula is C4H11O2P. The van der Waals surface area contributed by atoms with E-state index in [2.05, 4.69) is 9.24 Å². The van der Waals surface area contributed by atoms with Crippen LogP contribution in [0.5, 0.6) is 0 Å². The second kappa shape index (κ2) is 4.23. The van der Waals surface area contributed by atoms with Crippen LogP contribution in [0.4, 0.5) is 0 Å². The number of carbonyl (C=O) groups excluding carboxylic acids is 1. The Morgan fingerprint density at radius 1 is 1.57 bits per heavy atom. The van der Waals surface area contributed by atoms with Gasteiger partial charge in [0.15, 0.2) is 5.52 Å². The smallest absolute Gasteiger partial charge is 0.150 e. The lowest BCUT2D eigenvalue weighted by atomic mass is 10.3. The molecule has 3 heteroatoms. The molecule has 0 aromatic rings. The molecule has 0 aromatic carbocycles. The highest BCUT2D eigenvalue weighted by molar-refractivity contribution is 7.40. The topological polar surface area (TPSA) is 48.6 Å². The summed E-state index contributed by atoms with van der Waals surface area (Å²) in [5.41, 5.74) is 0.176. The Labute approximate surface area is 45.8 Å². The highest BCUT2D eigenvalue weighted by atomic mass is 31.0. The van der Waals surface area contributed by atoms with Gasteiger partial charge in [-0.2, -0.15) is 0 Å². The summed E-state index contributed by atoms with van der Waals surface area (Å²) in [5, 5.41) is 0. The summed E-state index contributed by atoms with van der Waals surface area (Å²) in [6.45, 7) is 3.74. The lowest BCUT2D eigenvalue weighted by Gasteiger charge is -1.90. The lowest BCUT2D eigenvalue weighted by Crippen LogP contribution is -1.94. The molecule has 0 aliphatic carbocycles. The maximum absolute atomic E-state index is 10.1. The van der Waals surface area contributed by atoms with Gasteiger partial charge < -0.3 is 5.48 Å². The van der Waals surface area contributed by atoms with Crippen molar-refractivity contribution in [2.24, 2.45) is 5.92 Å². The Kier molecular flexibility index (Phi) is 6.11. The monoisotopic (exact) mass is 122 g/mol. The molecule has 0 aliphatic heterocycles. The molecule has 0 heterocycles. The minimum atomic E-state index is 0. The first kappa shape index (κ1) is 10.1. The fourth-order valence-corrected chi connectivity index (χ4v) is 0. The van der Waals surface area contributed by atoms with Crippen LogP contribution in [-0.2, 0) is 4.79 Å². The van der Waals surface area contributed by atoms with Gasteiger partial charge in [0.05, 0.1) is 0 Å². The molecule has 0 saturated heterocycles. The van der Waals surface area contributed by atoms with Crippen molar-refractivity contribution in [3.05, 3.63) is 0 Å². The highest BCUT2D eigenvalue weighted by Crippen LogP contribution is 1.98. The van der Waals surface area contributed by atoms with Crippen molar-refractivity contribution in [3.8, 4) is 0 Å². The van der Waals surface area contributed by atoms with Crippen LogP contribution >= 0.6 is 9.24 Å². The van der Waals surface area contributed by atoms with Crippen molar-refractivity contribution >= 4 is 14.8 Å². The van der Waals surface area contributed by atoms with Crippen LogP contribution < -0.4 is 0 Å². The van der Waals surface area contributed by atoms with E-state index < -0.39 is 0 Å². The fraction of sp³-hybridized carbons (Fsp3) is 0.750. The van der Waals surface area contributed by atoms with E-state index in [9.17, 15) is 4.79 Å². The maximum Gasteiger partial charge on any atom is 0.150 e. The Bertz CT molecular complexity index is 60.7. The third kappa shape index (κ3) is 6.06. The SMILES string of the molecule is CC(C)C(=O)P.O. The first-order valence-electron chi connectivity index (χ1n) is 1.94. The molecule has 0 saturated carbocycles. The molecule has 0 aromatic heterocycles. The maximum atomic E-state index is 10.1. The van der Waals surface area contributed by atoms with Crippen molar-refractivity contribution in [2.45, 2.75) is 13.8 Å². The normalized spacial score (nSPS) is 8.00. The number of hydrogen-bond donors (Lipinski definition) is 0. The predicted molar refractivity (Wildman–Crippen MR) is 33.2 cm³/mol.